The second-order valence-electron chi connectivity index (χ2n) is 5.03. The fourth-order valence-electron chi connectivity index (χ4n) is 2.83. The molecular formula is C12H23O4P. The van der Waals surface area contributed by atoms with Crippen molar-refractivity contribution in [3.8, 4) is 0 Å². The molecule has 0 unspecified atom stereocenters. The molecule has 0 amide bonds. The monoisotopic (exact) mass is 262 g/mol. The maximum atomic E-state index is 11.9. The Labute approximate surface area is 104 Å². The van der Waals surface area contributed by atoms with Crippen LogP contribution in [0.4, 0.5) is 0 Å². The van der Waals surface area contributed by atoms with Crippen LogP contribution in [0.5, 0.6) is 0 Å². The van der Waals surface area contributed by atoms with E-state index in [1.807, 2.05) is 6.92 Å². The fraction of sp³-hybridized carbons (Fsp3) is 1.00. The van der Waals surface area contributed by atoms with Crippen molar-refractivity contribution in [3.05, 3.63) is 0 Å². The topological polar surface area (TPSA) is 44.8 Å². The second-order valence-corrected chi connectivity index (χ2v) is 6.47. The van der Waals surface area contributed by atoms with Gasteiger partial charge in [0.05, 0.1) is 0 Å². The first-order valence-electron chi connectivity index (χ1n) is 6.77. The molecule has 0 radical (unpaired) electrons. The van der Waals surface area contributed by atoms with Gasteiger partial charge in [-0.2, -0.15) is 0 Å². The molecule has 0 aromatic rings. The van der Waals surface area contributed by atoms with Crippen molar-refractivity contribution in [2.75, 3.05) is 0 Å². The van der Waals surface area contributed by atoms with Crippen LogP contribution in [0.3, 0.4) is 0 Å². The van der Waals surface area contributed by atoms with Gasteiger partial charge in [0, 0.05) is 6.42 Å². The van der Waals surface area contributed by atoms with Gasteiger partial charge < -0.3 is 0 Å². The summed E-state index contributed by atoms with van der Waals surface area (Å²) in [6.07, 6.45) is 6.76. The van der Waals surface area contributed by atoms with Gasteiger partial charge in [-0.3, -0.25) is 4.52 Å². The van der Waals surface area contributed by atoms with Crippen LogP contribution >= 0.6 is 7.82 Å². The normalized spacial score (nSPS) is 38.1. The second kappa shape index (κ2) is 4.65. The standard InChI is InChI=1S/C12H23O4P/c1-4-7-9-11(10-8-5-2)12(6-3)15-17(13,14-11)16-12/h4-10H2,1-3H3. The van der Waals surface area contributed by atoms with Gasteiger partial charge in [-0.1, -0.05) is 46.5 Å². The number of fused-ring (bicyclic) bond motifs is 1. The van der Waals surface area contributed by atoms with Crippen molar-refractivity contribution >= 4 is 7.82 Å². The number of phosphoric acid groups is 1. The molecule has 3 heterocycles. The number of hydrogen-bond acceptors (Lipinski definition) is 4. The Morgan fingerprint density at radius 2 is 1.47 bits per heavy atom. The third kappa shape index (κ3) is 1.99. The Kier molecular flexibility index (Phi) is 3.71. The summed E-state index contributed by atoms with van der Waals surface area (Å²) in [6.45, 7) is 6.30. The molecule has 0 atom stereocenters. The van der Waals surface area contributed by atoms with E-state index in [0.29, 0.717) is 6.42 Å². The predicted molar refractivity (Wildman–Crippen MR) is 65.7 cm³/mol. The summed E-state index contributed by atoms with van der Waals surface area (Å²) in [7, 11) is -3.18. The van der Waals surface area contributed by atoms with Gasteiger partial charge in [-0.05, 0) is 12.8 Å². The Morgan fingerprint density at radius 3 is 1.88 bits per heavy atom. The third-order valence-electron chi connectivity index (χ3n) is 3.83. The molecule has 0 saturated carbocycles. The Balaban J connectivity index is 2.17. The maximum absolute atomic E-state index is 11.9. The van der Waals surface area contributed by atoms with Crippen molar-refractivity contribution in [3.63, 3.8) is 0 Å². The highest BCUT2D eigenvalue weighted by Crippen LogP contribution is 2.80. The zero-order valence-corrected chi connectivity index (χ0v) is 11.9. The van der Waals surface area contributed by atoms with E-state index in [2.05, 4.69) is 13.8 Å². The maximum Gasteiger partial charge on any atom is 0.480 e. The summed E-state index contributed by atoms with van der Waals surface area (Å²) >= 11 is 0. The molecule has 0 spiro atoms. The summed E-state index contributed by atoms with van der Waals surface area (Å²) < 4.78 is 28.6. The molecule has 0 aromatic heterocycles. The minimum atomic E-state index is -3.18. The Hall–Kier alpha value is 0.110. The first-order valence-corrected chi connectivity index (χ1v) is 8.24. The molecule has 0 N–H and O–H groups in total. The lowest BCUT2D eigenvalue weighted by Crippen LogP contribution is -2.53. The average molecular weight is 262 g/mol. The molecule has 3 fully saturated rings. The van der Waals surface area contributed by atoms with E-state index in [1.165, 1.54) is 0 Å². The SMILES string of the molecule is CCCCC1(CCCC)OP2(=O)OC1(CC)O2. The van der Waals surface area contributed by atoms with E-state index in [1.54, 1.807) is 0 Å². The molecule has 5 heteroatoms. The van der Waals surface area contributed by atoms with Crippen LogP contribution in [0.1, 0.15) is 65.7 Å². The minimum absolute atomic E-state index is 0.469. The summed E-state index contributed by atoms with van der Waals surface area (Å²) in [5.74, 6) is -0.729. The number of phosphoric ester groups is 1. The Morgan fingerprint density at radius 1 is 0.941 bits per heavy atom. The molecule has 0 aliphatic carbocycles. The number of unbranched alkanes of at least 4 members (excludes halogenated alkanes) is 2. The van der Waals surface area contributed by atoms with Crippen molar-refractivity contribution in [2.24, 2.45) is 0 Å². The van der Waals surface area contributed by atoms with Gasteiger partial charge in [0.25, 0.3) is 0 Å². The zero-order chi connectivity index (χ0) is 12.6. The summed E-state index contributed by atoms with van der Waals surface area (Å²) in [6, 6.07) is 0. The Bertz CT molecular complexity index is 310. The van der Waals surface area contributed by atoms with Crippen LogP contribution in [-0.2, 0) is 18.1 Å². The van der Waals surface area contributed by atoms with Gasteiger partial charge in [0.1, 0.15) is 5.60 Å². The van der Waals surface area contributed by atoms with E-state index in [-0.39, 0.29) is 0 Å². The van der Waals surface area contributed by atoms with Crippen molar-refractivity contribution in [1.29, 1.82) is 0 Å². The van der Waals surface area contributed by atoms with E-state index >= 15 is 0 Å². The van der Waals surface area contributed by atoms with Crippen LogP contribution in [-0.4, -0.2) is 11.4 Å². The largest absolute Gasteiger partial charge is 0.480 e. The highest BCUT2D eigenvalue weighted by atomic mass is 31.2. The van der Waals surface area contributed by atoms with Crippen molar-refractivity contribution in [2.45, 2.75) is 77.1 Å². The predicted octanol–water partition coefficient (Wildman–Crippen LogP) is 4.40. The highest BCUT2D eigenvalue weighted by Gasteiger charge is 2.76. The first kappa shape index (κ1) is 13.5. The molecule has 3 aliphatic heterocycles. The molecule has 4 nitrogen and oxygen atoms in total. The van der Waals surface area contributed by atoms with Crippen LogP contribution in [0.15, 0.2) is 0 Å². The van der Waals surface area contributed by atoms with Crippen LogP contribution in [0.2, 0.25) is 0 Å². The van der Waals surface area contributed by atoms with E-state index in [0.717, 1.165) is 38.5 Å². The molecule has 3 saturated heterocycles. The van der Waals surface area contributed by atoms with Gasteiger partial charge >= 0.3 is 7.82 Å². The third-order valence-corrected chi connectivity index (χ3v) is 5.44. The number of rotatable bonds is 7. The van der Waals surface area contributed by atoms with Gasteiger partial charge in [0.2, 0.25) is 5.79 Å². The molecule has 2 bridgehead atoms. The lowest BCUT2D eigenvalue weighted by Gasteiger charge is -2.41. The lowest BCUT2D eigenvalue weighted by molar-refractivity contribution is -0.219. The van der Waals surface area contributed by atoms with Gasteiger partial charge in [-0.15, -0.1) is 0 Å². The zero-order valence-electron chi connectivity index (χ0n) is 11.0. The molecule has 3 aliphatic rings. The van der Waals surface area contributed by atoms with Crippen LogP contribution in [0, 0.1) is 0 Å². The van der Waals surface area contributed by atoms with Crippen molar-refractivity contribution < 1.29 is 18.1 Å². The highest BCUT2D eigenvalue weighted by molar-refractivity contribution is 7.50. The van der Waals surface area contributed by atoms with E-state index in [9.17, 15) is 4.57 Å². The molecule has 100 valence electrons. The van der Waals surface area contributed by atoms with Gasteiger partial charge in [0.15, 0.2) is 0 Å². The fourth-order valence-corrected chi connectivity index (χ4v) is 4.98. The average Bonchev–Trinajstić information content (AvgIpc) is 2.67. The summed E-state index contributed by atoms with van der Waals surface area (Å²) in [5, 5.41) is 0. The molecular weight excluding hydrogens is 239 g/mol. The van der Waals surface area contributed by atoms with E-state index < -0.39 is 19.2 Å². The van der Waals surface area contributed by atoms with E-state index in [4.69, 9.17) is 13.6 Å². The van der Waals surface area contributed by atoms with Crippen LogP contribution < -0.4 is 0 Å². The molecule has 0 aromatic carbocycles. The smallest absolute Gasteiger partial charge is 0.274 e. The number of hydrogen-bond donors (Lipinski definition) is 0. The van der Waals surface area contributed by atoms with Crippen LogP contribution in [0.25, 0.3) is 0 Å². The van der Waals surface area contributed by atoms with Crippen molar-refractivity contribution in [1.82, 2.24) is 0 Å². The molecule has 3 rings (SSSR count). The molecule has 17 heavy (non-hydrogen) atoms. The summed E-state index contributed by atoms with van der Waals surface area (Å²) in [5.41, 5.74) is -0.469. The summed E-state index contributed by atoms with van der Waals surface area (Å²) in [4.78, 5) is 0. The quantitative estimate of drug-likeness (QED) is 0.638. The minimum Gasteiger partial charge on any atom is -0.274 e. The lowest BCUT2D eigenvalue weighted by atomic mass is 9.82. The van der Waals surface area contributed by atoms with Gasteiger partial charge in [-0.25, -0.2) is 13.6 Å². The first-order chi connectivity index (χ1) is 8.05.